The molecule has 3 atom stereocenters. The van der Waals surface area contributed by atoms with Gasteiger partial charge in [0.25, 0.3) is 5.92 Å². The molecular weight excluding hydrogens is 406 g/mol. The number of halogens is 4. The normalized spacial score (nSPS) is 26.8. The molecule has 3 aliphatic heterocycles. The van der Waals surface area contributed by atoms with Crippen molar-refractivity contribution in [2.75, 3.05) is 23.8 Å². The minimum absolute atomic E-state index is 0.0306. The Bertz CT molecular complexity index is 968. The van der Waals surface area contributed by atoms with Crippen LogP contribution in [0.3, 0.4) is 0 Å². The van der Waals surface area contributed by atoms with Crippen LogP contribution in [-0.2, 0) is 4.74 Å². The monoisotopic (exact) mass is 425 g/mol. The van der Waals surface area contributed by atoms with Crippen LogP contribution >= 0.6 is 0 Å². The largest absolute Gasteiger partial charge is 0.431 e. The van der Waals surface area contributed by atoms with E-state index >= 15 is 0 Å². The van der Waals surface area contributed by atoms with E-state index in [0.29, 0.717) is 30.2 Å². The number of nitrogens with zero attached hydrogens (tertiary/aromatic N) is 4. The molecule has 6 rings (SSSR count). The quantitative estimate of drug-likeness (QED) is 0.736. The average molecular weight is 425 g/mol. The molecule has 5 heterocycles. The van der Waals surface area contributed by atoms with Gasteiger partial charge in [-0.2, -0.15) is 8.78 Å². The van der Waals surface area contributed by atoms with Crippen LogP contribution in [0, 0.1) is 0 Å². The van der Waals surface area contributed by atoms with Crippen molar-refractivity contribution in [3.05, 3.63) is 24.2 Å². The number of aromatic nitrogens is 3. The second kappa shape index (κ2) is 6.93. The van der Waals surface area contributed by atoms with Gasteiger partial charge in [-0.3, -0.25) is 0 Å². The number of anilines is 2. The number of fused-ring (bicyclic) bond motifs is 3. The highest BCUT2D eigenvalue weighted by molar-refractivity contribution is 5.67. The number of hydrogen-bond acceptors (Lipinski definition) is 7. The molecule has 0 spiro atoms. The summed E-state index contributed by atoms with van der Waals surface area (Å²) in [5.41, 5.74) is 6.23. The average Bonchev–Trinajstić information content (AvgIpc) is 3.38. The van der Waals surface area contributed by atoms with Crippen LogP contribution < -0.4 is 15.4 Å². The van der Waals surface area contributed by atoms with Crippen molar-refractivity contribution in [3.63, 3.8) is 0 Å². The Kier molecular flexibility index (Phi) is 4.46. The standard InChI is InChI=1S/C19H19F4N5O2/c20-18(21)30-14-3-9(6-25-16(14)24)13-4-15(27-17(26-13)12-5-19(12,22)23)28-7-11-2-1-10(28)8-29-11/h3-4,6,10-12,18H,1-2,5,7-8H2,(H2,24,25)/t10-,11-,12?/m0/s1. The van der Waals surface area contributed by atoms with Gasteiger partial charge in [0.1, 0.15) is 11.6 Å². The van der Waals surface area contributed by atoms with Crippen LogP contribution in [-0.4, -0.2) is 52.8 Å². The second-order valence-corrected chi connectivity index (χ2v) is 7.81. The van der Waals surface area contributed by atoms with Gasteiger partial charge in [-0.15, -0.1) is 0 Å². The molecule has 0 radical (unpaired) electrons. The number of rotatable bonds is 5. The summed E-state index contributed by atoms with van der Waals surface area (Å²) in [7, 11) is 0. The first kappa shape index (κ1) is 19.3. The number of alkyl halides is 4. The van der Waals surface area contributed by atoms with Crippen molar-refractivity contribution >= 4 is 11.6 Å². The minimum Gasteiger partial charge on any atom is -0.431 e. The van der Waals surface area contributed by atoms with Crippen LogP contribution in [0.4, 0.5) is 29.2 Å². The Hall–Kier alpha value is -2.69. The zero-order chi connectivity index (χ0) is 21.0. The lowest BCUT2D eigenvalue weighted by molar-refractivity contribution is -0.0494. The highest BCUT2D eigenvalue weighted by Gasteiger charge is 2.59. The van der Waals surface area contributed by atoms with Gasteiger partial charge >= 0.3 is 6.61 Å². The number of morpholine rings is 1. The summed E-state index contributed by atoms with van der Waals surface area (Å²) in [6.45, 7) is -1.91. The molecule has 1 saturated carbocycles. The third kappa shape index (κ3) is 3.51. The molecule has 1 aliphatic carbocycles. The molecule has 4 fully saturated rings. The van der Waals surface area contributed by atoms with E-state index in [-0.39, 0.29) is 36.0 Å². The molecule has 2 aromatic rings. The first-order valence-corrected chi connectivity index (χ1v) is 9.66. The summed E-state index contributed by atoms with van der Waals surface area (Å²) in [5, 5.41) is 0. The Morgan fingerprint density at radius 1 is 1.23 bits per heavy atom. The fraction of sp³-hybridized carbons (Fsp3) is 0.526. The van der Waals surface area contributed by atoms with Gasteiger partial charge in [0.05, 0.1) is 30.4 Å². The fourth-order valence-corrected chi connectivity index (χ4v) is 4.01. The number of piperidine rings is 1. The third-order valence-electron chi connectivity index (χ3n) is 5.74. The molecule has 4 aliphatic rings. The molecule has 2 N–H and O–H groups in total. The molecule has 3 saturated heterocycles. The van der Waals surface area contributed by atoms with E-state index in [0.717, 1.165) is 12.8 Å². The first-order valence-electron chi connectivity index (χ1n) is 9.66. The Morgan fingerprint density at radius 2 is 2.03 bits per heavy atom. The van der Waals surface area contributed by atoms with Gasteiger partial charge in [-0.1, -0.05) is 0 Å². The van der Waals surface area contributed by atoms with E-state index in [2.05, 4.69) is 19.7 Å². The predicted octanol–water partition coefficient (Wildman–Crippen LogP) is 3.21. The fourth-order valence-electron chi connectivity index (χ4n) is 4.01. The highest BCUT2D eigenvalue weighted by atomic mass is 19.3. The van der Waals surface area contributed by atoms with Gasteiger partial charge in [-0.05, 0) is 18.9 Å². The van der Waals surface area contributed by atoms with E-state index in [1.54, 1.807) is 6.07 Å². The smallest absolute Gasteiger partial charge is 0.387 e. The van der Waals surface area contributed by atoms with Crippen molar-refractivity contribution in [3.8, 4) is 17.0 Å². The second-order valence-electron chi connectivity index (χ2n) is 7.81. The molecule has 0 aromatic carbocycles. The van der Waals surface area contributed by atoms with Crippen LogP contribution in [0.5, 0.6) is 5.75 Å². The van der Waals surface area contributed by atoms with Crippen molar-refractivity contribution in [1.29, 1.82) is 0 Å². The summed E-state index contributed by atoms with van der Waals surface area (Å²) >= 11 is 0. The maximum Gasteiger partial charge on any atom is 0.387 e. The van der Waals surface area contributed by atoms with Crippen LogP contribution in [0.1, 0.15) is 31.0 Å². The number of nitrogens with two attached hydrogens (primary N) is 1. The number of nitrogen functional groups attached to an aromatic ring is 1. The highest BCUT2D eigenvalue weighted by Crippen LogP contribution is 2.55. The Labute approximate surface area is 169 Å². The zero-order valence-electron chi connectivity index (χ0n) is 15.8. The van der Waals surface area contributed by atoms with Crippen molar-refractivity contribution in [1.82, 2.24) is 15.0 Å². The lowest BCUT2D eigenvalue weighted by Crippen LogP contribution is -2.54. The lowest BCUT2D eigenvalue weighted by atomic mass is 9.97. The van der Waals surface area contributed by atoms with Crippen molar-refractivity contribution in [2.45, 2.75) is 49.9 Å². The topological polar surface area (TPSA) is 86.4 Å². The predicted molar refractivity (Wildman–Crippen MR) is 98.7 cm³/mol. The van der Waals surface area contributed by atoms with E-state index in [1.165, 1.54) is 12.3 Å². The van der Waals surface area contributed by atoms with Crippen molar-refractivity contribution in [2.24, 2.45) is 0 Å². The summed E-state index contributed by atoms with van der Waals surface area (Å²) in [6.07, 6.45) is 2.98. The van der Waals surface area contributed by atoms with E-state index in [1.807, 2.05) is 4.90 Å². The molecule has 2 aromatic heterocycles. The molecular formula is C19H19F4N5O2. The number of pyridine rings is 1. The molecule has 11 heteroatoms. The zero-order valence-corrected chi connectivity index (χ0v) is 15.8. The van der Waals surface area contributed by atoms with Gasteiger partial charge < -0.3 is 20.1 Å². The SMILES string of the molecule is Nc1ncc(-c2cc(N3C[C@@H]4CC[C@H]3CO4)nc(C3CC3(F)F)n2)cc1OC(F)F. The van der Waals surface area contributed by atoms with Crippen LogP contribution in [0.2, 0.25) is 0 Å². The Balaban J connectivity index is 1.56. The Morgan fingerprint density at radius 3 is 2.63 bits per heavy atom. The molecule has 160 valence electrons. The van der Waals surface area contributed by atoms with Gasteiger partial charge in [-0.25, -0.2) is 23.7 Å². The van der Waals surface area contributed by atoms with Crippen molar-refractivity contribution < 1.29 is 27.0 Å². The van der Waals surface area contributed by atoms with Gasteiger partial charge in [0.2, 0.25) is 0 Å². The van der Waals surface area contributed by atoms with Crippen LogP contribution in [0.15, 0.2) is 18.3 Å². The summed E-state index contributed by atoms with van der Waals surface area (Å²) in [6, 6.07) is 3.04. The minimum atomic E-state index is -3.07. The number of ether oxygens (including phenoxy) is 2. The summed E-state index contributed by atoms with van der Waals surface area (Å²) in [4.78, 5) is 14.7. The van der Waals surface area contributed by atoms with E-state index < -0.39 is 18.5 Å². The van der Waals surface area contributed by atoms with Gasteiger partial charge in [0.15, 0.2) is 11.6 Å². The maximum atomic E-state index is 13.8. The van der Waals surface area contributed by atoms with Crippen LogP contribution in [0.25, 0.3) is 11.3 Å². The van der Waals surface area contributed by atoms with Gasteiger partial charge in [0, 0.05) is 30.8 Å². The molecule has 2 bridgehead atoms. The summed E-state index contributed by atoms with van der Waals surface area (Å²) < 4.78 is 62.9. The van der Waals surface area contributed by atoms with E-state index in [9.17, 15) is 17.6 Å². The number of hydrogen-bond donors (Lipinski definition) is 1. The molecule has 1 unspecified atom stereocenters. The lowest BCUT2D eigenvalue weighted by Gasteiger charge is -2.45. The summed E-state index contributed by atoms with van der Waals surface area (Å²) in [5.74, 6) is -3.86. The maximum absolute atomic E-state index is 13.8. The molecule has 7 nitrogen and oxygen atoms in total. The van der Waals surface area contributed by atoms with E-state index in [4.69, 9.17) is 10.5 Å². The first-order chi connectivity index (χ1) is 14.3. The molecule has 0 amide bonds. The molecule has 30 heavy (non-hydrogen) atoms. The third-order valence-corrected chi connectivity index (χ3v) is 5.74.